The number of benzene rings is 1. The zero-order valence-corrected chi connectivity index (χ0v) is 19.3. The molecule has 0 bridgehead atoms. The zero-order chi connectivity index (χ0) is 18.6. The summed E-state index contributed by atoms with van der Waals surface area (Å²) in [5.74, 6) is 1.38. The first-order valence-electron chi connectivity index (χ1n) is 9.67. The molecule has 0 radical (unpaired) electrons. The number of aliphatic imine (C=N–C) groups is 1. The molecule has 2 aliphatic rings. The monoisotopic (exact) mass is 507 g/mol. The van der Waals surface area contributed by atoms with Crippen LogP contribution in [0.5, 0.6) is 0 Å². The fraction of sp³-hybridized carbons (Fsp3) is 0.650. The zero-order valence-electron chi connectivity index (χ0n) is 16.2. The number of guanidine groups is 1. The third kappa shape index (κ3) is 5.65. The Morgan fingerprint density at radius 1 is 1.33 bits per heavy atom. The number of halogens is 2. The highest BCUT2D eigenvalue weighted by Gasteiger charge is 2.45. The molecule has 3 atom stereocenters. The van der Waals surface area contributed by atoms with Gasteiger partial charge in [0.25, 0.3) is 0 Å². The van der Waals surface area contributed by atoms with Crippen LogP contribution in [-0.2, 0) is 16.2 Å². The third-order valence-electron chi connectivity index (χ3n) is 5.74. The van der Waals surface area contributed by atoms with Crippen LogP contribution in [0.3, 0.4) is 0 Å². The molecule has 2 saturated carbocycles. The largest absolute Gasteiger partial charge is 0.356 e. The second kappa shape index (κ2) is 10.2. The van der Waals surface area contributed by atoms with Gasteiger partial charge in [0.05, 0.1) is 0 Å². The summed E-state index contributed by atoms with van der Waals surface area (Å²) in [6.07, 6.45) is 6.17. The van der Waals surface area contributed by atoms with Gasteiger partial charge in [-0.15, -0.1) is 24.0 Å². The van der Waals surface area contributed by atoms with E-state index in [0.29, 0.717) is 12.6 Å². The molecule has 0 aliphatic heterocycles. The second-order valence-corrected chi connectivity index (χ2v) is 9.49. The molecular weight excluding hydrogens is 476 g/mol. The Morgan fingerprint density at radius 3 is 2.70 bits per heavy atom. The maximum atomic E-state index is 14.2. The number of hydrogen-bond donors (Lipinski definition) is 2. The first kappa shape index (κ1) is 22.6. The van der Waals surface area contributed by atoms with Gasteiger partial charge in [-0.3, -0.25) is 9.20 Å². The maximum absolute atomic E-state index is 14.2. The van der Waals surface area contributed by atoms with E-state index in [4.69, 9.17) is 0 Å². The van der Waals surface area contributed by atoms with Crippen LogP contribution in [0.1, 0.15) is 51.0 Å². The van der Waals surface area contributed by atoms with Crippen LogP contribution in [0.2, 0.25) is 0 Å². The first-order valence-corrected chi connectivity index (χ1v) is 11.1. The molecule has 0 amide bonds. The molecule has 1 aromatic carbocycles. The topological polar surface area (TPSA) is 53.5 Å². The van der Waals surface area contributed by atoms with Crippen LogP contribution in [0.15, 0.2) is 29.3 Å². The van der Waals surface area contributed by atoms with Crippen molar-refractivity contribution in [1.82, 2.24) is 10.6 Å². The van der Waals surface area contributed by atoms with Crippen molar-refractivity contribution in [3.05, 3.63) is 35.6 Å². The van der Waals surface area contributed by atoms with E-state index < -0.39 is 10.8 Å². The number of hydrogen-bond acceptors (Lipinski definition) is 2. The average molecular weight is 507 g/mol. The Hall–Kier alpha value is -0.700. The molecule has 2 aliphatic carbocycles. The lowest BCUT2D eigenvalue weighted by Crippen LogP contribution is -2.48. The molecule has 4 nitrogen and oxygen atoms in total. The summed E-state index contributed by atoms with van der Waals surface area (Å²) in [6.45, 7) is 2.68. The van der Waals surface area contributed by atoms with Crippen LogP contribution in [-0.4, -0.2) is 40.8 Å². The van der Waals surface area contributed by atoms with Crippen molar-refractivity contribution in [3.63, 3.8) is 0 Å². The molecule has 0 spiro atoms. The van der Waals surface area contributed by atoms with Gasteiger partial charge in [0.2, 0.25) is 0 Å². The summed E-state index contributed by atoms with van der Waals surface area (Å²) in [5.41, 5.74) is 0.695. The van der Waals surface area contributed by atoms with E-state index >= 15 is 0 Å². The molecule has 152 valence electrons. The van der Waals surface area contributed by atoms with Crippen molar-refractivity contribution in [2.24, 2.45) is 4.99 Å². The number of nitrogens with one attached hydrogen (secondary N) is 2. The lowest BCUT2D eigenvalue weighted by molar-refractivity contribution is 0.412. The Kier molecular flexibility index (Phi) is 8.52. The Labute approximate surface area is 181 Å². The van der Waals surface area contributed by atoms with Gasteiger partial charge in [-0.25, -0.2) is 4.39 Å². The lowest BCUT2D eigenvalue weighted by atomic mass is 9.94. The summed E-state index contributed by atoms with van der Waals surface area (Å²) < 4.78 is 26.3. The van der Waals surface area contributed by atoms with Crippen LogP contribution >= 0.6 is 24.0 Å². The maximum Gasteiger partial charge on any atom is 0.191 e. The summed E-state index contributed by atoms with van der Waals surface area (Å²) in [7, 11) is 1.04. The van der Waals surface area contributed by atoms with Gasteiger partial charge >= 0.3 is 0 Å². The van der Waals surface area contributed by atoms with Crippen molar-refractivity contribution in [3.8, 4) is 0 Å². The first-order chi connectivity index (χ1) is 12.6. The highest BCUT2D eigenvalue weighted by atomic mass is 127. The van der Waals surface area contributed by atoms with E-state index in [1.54, 1.807) is 19.2 Å². The van der Waals surface area contributed by atoms with E-state index in [9.17, 15) is 8.60 Å². The van der Waals surface area contributed by atoms with Gasteiger partial charge in [0.15, 0.2) is 5.96 Å². The van der Waals surface area contributed by atoms with Crippen molar-refractivity contribution >= 4 is 40.7 Å². The second-order valence-electron chi connectivity index (χ2n) is 7.49. The third-order valence-corrected chi connectivity index (χ3v) is 7.48. The minimum absolute atomic E-state index is 0. The molecule has 3 unspecified atom stereocenters. The van der Waals surface area contributed by atoms with Crippen molar-refractivity contribution in [2.75, 3.05) is 19.3 Å². The fourth-order valence-electron chi connectivity index (χ4n) is 3.97. The molecule has 2 N–H and O–H groups in total. The van der Waals surface area contributed by atoms with Crippen molar-refractivity contribution in [1.29, 1.82) is 0 Å². The minimum atomic E-state index is -0.728. The molecular formula is C20H31FIN3OS. The molecule has 0 saturated heterocycles. The summed E-state index contributed by atoms with van der Waals surface area (Å²) in [5, 5.41) is 7.18. The van der Waals surface area contributed by atoms with E-state index in [1.807, 2.05) is 19.1 Å². The van der Waals surface area contributed by atoms with Gasteiger partial charge < -0.3 is 10.6 Å². The normalized spacial score (nSPS) is 25.2. The Bertz CT molecular complexity index is 681. The summed E-state index contributed by atoms with van der Waals surface area (Å²) in [4.78, 5) is 4.34. The Morgan fingerprint density at radius 2 is 2.07 bits per heavy atom. The van der Waals surface area contributed by atoms with E-state index in [0.717, 1.165) is 55.8 Å². The standard InChI is InChI=1S/C20H30FN3OS.HI/c1-3-26(25)16-8-6-7-15(13-16)24-19(22-2)23-14-20(11-12-20)17-9-4-5-10-18(17)21;/h4-5,9-10,15-16H,3,6-8,11-14H2,1-2H3,(H2,22,23,24);1H. The van der Waals surface area contributed by atoms with Crippen molar-refractivity contribution in [2.45, 2.75) is 62.2 Å². The van der Waals surface area contributed by atoms with Crippen LogP contribution < -0.4 is 10.6 Å². The predicted molar refractivity (Wildman–Crippen MR) is 122 cm³/mol. The SMILES string of the molecule is CCS(=O)C1CCCC(NC(=NC)NCC2(c3ccccc3F)CC2)C1.I. The van der Waals surface area contributed by atoms with Gasteiger partial charge in [-0.2, -0.15) is 0 Å². The molecule has 27 heavy (non-hydrogen) atoms. The minimum Gasteiger partial charge on any atom is -0.356 e. The predicted octanol–water partition coefficient (Wildman–Crippen LogP) is 3.72. The van der Waals surface area contributed by atoms with E-state index in [2.05, 4.69) is 15.6 Å². The van der Waals surface area contributed by atoms with Crippen LogP contribution in [0.25, 0.3) is 0 Å². The molecule has 2 fully saturated rings. The van der Waals surface area contributed by atoms with E-state index in [-0.39, 0.29) is 40.5 Å². The highest BCUT2D eigenvalue weighted by molar-refractivity contribution is 14.0. The molecule has 0 aromatic heterocycles. The molecule has 0 heterocycles. The highest BCUT2D eigenvalue weighted by Crippen LogP contribution is 2.48. The molecule has 1 aromatic rings. The smallest absolute Gasteiger partial charge is 0.191 e. The quantitative estimate of drug-likeness (QED) is 0.351. The summed E-state index contributed by atoms with van der Waals surface area (Å²) >= 11 is 0. The molecule has 3 rings (SSSR count). The van der Waals surface area contributed by atoms with Gasteiger partial charge in [0.1, 0.15) is 5.82 Å². The van der Waals surface area contributed by atoms with E-state index in [1.165, 1.54) is 0 Å². The fourth-order valence-corrected chi connectivity index (χ4v) is 5.32. The average Bonchev–Trinajstić information content (AvgIpc) is 3.46. The van der Waals surface area contributed by atoms with Crippen LogP contribution in [0.4, 0.5) is 4.39 Å². The summed E-state index contributed by atoms with van der Waals surface area (Å²) in [6, 6.07) is 7.38. The lowest BCUT2D eigenvalue weighted by Gasteiger charge is -2.30. The van der Waals surface area contributed by atoms with Gasteiger partial charge in [-0.05, 0) is 43.7 Å². The van der Waals surface area contributed by atoms with Crippen LogP contribution in [0, 0.1) is 5.82 Å². The Balaban J connectivity index is 0.00000261. The van der Waals surface area contributed by atoms with Crippen molar-refractivity contribution < 1.29 is 8.60 Å². The molecule has 7 heteroatoms. The van der Waals surface area contributed by atoms with Gasteiger partial charge in [-0.1, -0.05) is 31.5 Å². The van der Waals surface area contributed by atoms with Gasteiger partial charge in [0, 0.05) is 46.9 Å². The number of nitrogens with zero attached hydrogens (tertiary/aromatic N) is 1. The number of rotatable bonds is 6.